The van der Waals surface area contributed by atoms with Crippen molar-refractivity contribution in [2.24, 2.45) is 0 Å². The Balaban J connectivity index is 2.14. The monoisotopic (exact) mass is 334 g/mol. The van der Waals surface area contributed by atoms with Crippen LogP contribution in [-0.4, -0.2) is 28.9 Å². The van der Waals surface area contributed by atoms with Gasteiger partial charge in [0.2, 0.25) is 0 Å². The topological polar surface area (TPSA) is 44.1 Å². The van der Waals surface area contributed by atoms with E-state index in [1.165, 1.54) is 23.9 Å². The molecule has 3 rings (SSSR count). The number of carbonyl (C=O) groups is 1. The molecule has 2 aromatic carbocycles. The van der Waals surface area contributed by atoms with Crippen molar-refractivity contribution in [3.63, 3.8) is 0 Å². The lowest BCUT2D eigenvalue weighted by molar-refractivity contribution is -0.0498. The zero-order valence-corrected chi connectivity index (χ0v) is 12.9. The maximum atomic E-state index is 12.4. The Labute approximate surface area is 135 Å². The van der Waals surface area contributed by atoms with Crippen LogP contribution in [0.2, 0.25) is 0 Å². The van der Waals surface area contributed by atoms with E-state index in [1.807, 2.05) is 6.26 Å². The molecule has 0 N–H and O–H groups in total. The van der Waals surface area contributed by atoms with Crippen LogP contribution in [0.1, 0.15) is 10.4 Å². The summed E-state index contributed by atoms with van der Waals surface area (Å²) in [4.78, 5) is 11.0. The minimum atomic E-state index is -2.88. The fourth-order valence-electron chi connectivity index (χ4n) is 2.32. The molecule has 1 heterocycles. The minimum absolute atomic E-state index is 0.0661. The third-order valence-corrected chi connectivity index (χ3v) is 3.98. The van der Waals surface area contributed by atoms with Gasteiger partial charge in [-0.2, -0.15) is 13.9 Å². The highest BCUT2D eigenvalue weighted by molar-refractivity contribution is 7.98. The molecule has 23 heavy (non-hydrogen) atoms. The number of alkyl halides is 2. The van der Waals surface area contributed by atoms with Gasteiger partial charge in [0.25, 0.3) is 0 Å². The molecule has 7 heteroatoms. The molecular formula is C16H12F2N2O2S. The Kier molecular flexibility index (Phi) is 4.29. The Bertz CT molecular complexity index is 864. The number of benzene rings is 2. The van der Waals surface area contributed by atoms with E-state index in [-0.39, 0.29) is 5.75 Å². The predicted molar refractivity (Wildman–Crippen MR) is 84.9 cm³/mol. The first kappa shape index (κ1) is 15.5. The Morgan fingerprint density at radius 2 is 2.09 bits per heavy atom. The molecule has 0 unspecified atom stereocenters. The molecule has 0 saturated heterocycles. The van der Waals surface area contributed by atoms with Gasteiger partial charge in [0.05, 0.1) is 11.2 Å². The van der Waals surface area contributed by atoms with Crippen LogP contribution < -0.4 is 4.74 Å². The van der Waals surface area contributed by atoms with Crippen molar-refractivity contribution in [3.8, 4) is 11.4 Å². The van der Waals surface area contributed by atoms with E-state index in [2.05, 4.69) is 9.84 Å². The minimum Gasteiger partial charge on any atom is -0.435 e. The summed E-state index contributed by atoms with van der Waals surface area (Å²) in [5.41, 5.74) is 1.95. The van der Waals surface area contributed by atoms with Crippen molar-refractivity contribution in [2.45, 2.75) is 11.6 Å². The van der Waals surface area contributed by atoms with E-state index in [0.717, 1.165) is 22.2 Å². The van der Waals surface area contributed by atoms with Crippen LogP contribution in [0.25, 0.3) is 16.6 Å². The van der Waals surface area contributed by atoms with Gasteiger partial charge >= 0.3 is 6.61 Å². The highest BCUT2D eigenvalue weighted by atomic mass is 32.2. The standard InChI is InChI=1S/C16H12F2N2O2S/c1-23-15-13-7-10(9-21)5-6-14(13)20(19-15)11-3-2-4-12(8-11)22-16(17)18/h2-9,16H,1H3. The number of ether oxygens (including phenoxy) is 1. The lowest BCUT2D eigenvalue weighted by Crippen LogP contribution is -2.03. The quantitative estimate of drug-likeness (QED) is 0.519. The van der Waals surface area contributed by atoms with Gasteiger partial charge in [-0.3, -0.25) is 4.79 Å². The summed E-state index contributed by atoms with van der Waals surface area (Å²) >= 11 is 1.45. The number of thioether (sulfide) groups is 1. The second kappa shape index (κ2) is 6.37. The normalized spacial score (nSPS) is 11.1. The average Bonchev–Trinajstić information content (AvgIpc) is 2.92. The second-order valence-corrected chi connectivity index (χ2v) is 5.49. The summed E-state index contributed by atoms with van der Waals surface area (Å²) in [5, 5.41) is 6.08. The van der Waals surface area contributed by atoms with Crippen molar-refractivity contribution in [2.75, 3.05) is 6.26 Å². The molecule has 1 aromatic heterocycles. The third-order valence-electron chi connectivity index (χ3n) is 3.29. The number of fused-ring (bicyclic) bond motifs is 1. The number of rotatable bonds is 5. The fourth-order valence-corrected chi connectivity index (χ4v) is 2.87. The smallest absolute Gasteiger partial charge is 0.387 e. The molecule has 0 bridgehead atoms. The molecule has 0 atom stereocenters. The number of aromatic nitrogens is 2. The number of halogens is 2. The van der Waals surface area contributed by atoms with Crippen LogP contribution in [0.4, 0.5) is 8.78 Å². The largest absolute Gasteiger partial charge is 0.435 e. The molecule has 0 spiro atoms. The number of hydrogen-bond acceptors (Lipinski definition) is 4. The average molecular weight is 334 g/mol. The van der Waals surface area contributed by atoms with Gasteiger partial charge in [-0.15, -0.1) is 11.8 Å². The van der Waals surface area contributed by atoms with Crippen LogP contribution in [0.15, 0.2) is 47.5 Å². The Morgan fingerprint density at radius 1 is 1.26 bits per heavy atom. The molecule has 0 aliphatic carbocycles. The summed E-state index contributed by atoms with van der Waals surface area (Å²) in [5.74, 6) is 0.0661. The van der Waals surface area contributed by atoms with Gasteiger partial charge in [-0.25, -0.2) is 4.68 Å². The summed E-state index contributed by atoms with van der Waals surface area (Å²) in [6, 6.07) is 11.6. The zero-order valence-electron chi connectivity index (χ0n) is 12.1. The third kappa shape index (κ3) is 3.05. The van der Waals surface area contributed by atoms with Crippen molar-refractivity contribution in [1.29, 1.82) is 0 Å². The first-order valence-electron chi connectivity index (χ1n) is 6.69. The summed E-state index contributed by atoms with van der Waals surface area (Å²) < 4.78 is 30.8. The molecular weight excluding hydrogens is 322 g/mol. The van der Waals surface area contributed by atoms with Gasteiger partial charge in [0.15, 0.2) is 0 Å². The molecule has 0 aliphatic rings. The maximum absolute atomic E-state index is 12.4. The molecule has 3 aromatic rings. The van der Waals surface area contributed by atoms with Gasteiger partial charge in [0.1, 0.15) is 17.1 Å². The number of hydrogen-bond donors (Lipinski definition) is 0. The molecule has 0 fully saturated rings. The fraction of sp³-hybridized carbons (Fsp3) is 0.125. The predicted octanol–water partition coefficient (Wildman–Crippen LogP) is 4.16. The first-order chi connectivity index (χ1) is 11.1. The lowest BCUT2D eigenvalue weighted by Gasteiger charge is -2.07. The van der Waals surface area contributed by atoms with Crippen LogP contribution in [0, 0.1) is 0 Å². The number of carbonyl (C=O) groups excluding carboxylic acids is 1. The molecule has 4 nitrogen and oxygen atoms in total. The van der Waals surface area contributed by atoms with Crippen LogP contribution >= 0.6 is 11.8 Å². The van der Waals surface area contributed by atoms with E-state index in [1.54, 1.807) is 35.0 Å². The van der Waals surface area contributed by atoms with Crippen LogP contribution in [0.3, 0.4) is 0 Å². The molecule has 0 aliphatic heterocycles. The van der Waals surface area contributed by atoms with E-state index in [4.69, 9.17) is 0 Å². The number of nitrogens with zero attached hydrogens (tertiary/aromatic N) is 2. The van der Waals surface area contributed by atoms with Gasteiger partial charge in [-0.05, 0) is 36.6 Å². The highest BCUT2D eigenvalue weighted by Crippen LogP contribution is 2.29. The Morgan fingerprint density at radius 3 is 2.78 bits per heavy atom. The van der Waals surface area contributed by atoms with E-state index in [0.29, 0.717) is 11.3 Å². The SMILES string of the molecule is CSc1nn(-c2cccc(OC(F)F)c2)c2ccc(C=O)cc12. The van der Waals surface area contributed by atoms with Gasteiger partial charge < -0.3 is 4.74 Å². The zero-order chi connectivity index (χ0) is 16.4. The van der Waals surface area contributed by atoms with E-state index in [9.17, 15) is 13.6 Å². The highest BCUT2D eigenvalue weighted by Gasteiger charge is 2.13. The summed E-state index contributed by atoms with van der Waals surface area (Å²) in [6.07, 6.45) is 2.66. The van der Waals surface area contributed by atoms with Crippen LogP contribution in [0.5, 0.6) is 5.75 Å². The number of aldehydes is 1. The summed E-state index contributed by atoms with van der Waals surface area (Å²) in [6.45, 7) is -2.88. The lowest BCUT2D eigenvalue weighted by atomic mass is 10.2. The molecule has 0 saturated carbocycles. The van der Waals surface area contributed by atoms with Gasteiger partial charge in [0, 0.05) is 17.0 Å². The van der Waals surface area contributed by atoms with E-state index >= 15 is 0 Å². The maximum Gasteiger partial charge on any atom is 0.387 e. The van der Waals surface area contributed by atoms with Crippen molar-refractivity contribution in [1.82, 2.24) is 9.78 Å². The summed E-state index contributed by atoms with van der Waals surface area (Å²) in [7, 11) is 0. The first-order valence-corrected chi connectivity index (χ1v) is 7.92. The molecule has 118 valence electrons. The van der Waals surface area contributed by atoms with Gasteiger partial charge in [-0.1, -0.05) is 6.07 Å². The van der Waals surface area contributed by atoms with Crippen molar-refractivity contribution < 1.29 is 18.3 Å². The molecule has 0 radical (unpaired) electrons. The Hall–Kier alpha value is -2.41. The van der Waals surface area contributed by atoms with E-state index < -0.39 is 6.61 Å². The van der Waals surface area contributed by atoms with Crippen molar-refractivity contribution in [3.05, 3.63) is 48.0 Å². The van der Waals surface area contributed by atoms with Crippen molar-refractivity contribution >= 4 is 29.0 Å². The second-order valence-electron chi connectivity index (χ2n) is 4.69. The van der Waals surface area contributed by atoms with Crippen LogP contribution in [-0.2, 0) is 0 Å². The molecule has 0 amide bonds.